The number of halogens is 3. The summed E-state index contributed by atoms with van der Waals surface area (Å²) in [6.45, 7) is 3.87. The third-order valence-corrected chi connectivity index (χ3v) is 6.01. The van der Waals surface area contributed by atoms with Crippen molar-refractivity contribution >= 4 is 29.3 Å². The van der Waals surface area contributed by atoms with Crippen LogP contribution in [-0.2, 0) is 20.9 Å². The van der Waals surface area contributed by atoms with Gasteiger partial charge in [0.05, 0.1) is 17.9 Å². The van der Waals surface area contributed by atoms with E-state index in [-0.39, 0.29) is 19.6 Å². The average molecular weight is 470 g/mol. The Morgan fingerprint density at radius 1 is 1.28 bits per heavy atom. The lowest BCUT2D eigenvalue weighted by molar-refractivity contribution is -0.203. The van der Waals surface area contributed by atoms with E-state index < -0.39 is 36.1 Å². The van der Waals surface area contributed by atoms with Gasteiger partial charge >= 0.3 is 24.1 Å². The molecule has 1 aliphatic heterocycles. The second-order valence-electron chi connectivity index (χ2n) is 7.29. The SMILES string of the molecule is CC[C@H](C)[C@@H](C(=O)OC(=O)C(F)(F)F)N1CCN(Cc2csc(-c3ccccn3)n2)C1=O. The highest BCUT2D eigenvalue weighted by Crippen LogP contribution is 2.26. The molecule has 2 aromatic rings. The molecule has 1 saturated heterocycles. The number of pyridine rings is 1. The molecule has 1 fully saturated rings. The monoisotopic (exact) mass is 470 g/mol. The van der Waals surface area contributed by atoms with E-state index in [1.54, 1.807) is 31.5 Å². The molecular weight excluding hydrogens is 449 g/mol. The number of ether oxygens (including phenoxy) is 1. The highest BCUT2D eigenvalue weighted by atomic mass is 32.1. The lowest BCUT2D eigenvalue weighted by Gasteiger charge is -2.30. The predicted octanol–water partition coefficient (Wildman–Crippen LogP) is 3.49. The van der Waals surface area contributed by atoms with Gasteiger partial charge in [-0.1, -0.05) is 26.3 Å². The first-order valence-corrected chi connectivity index (χ1v) is 10.7. The Balaban J connectivity index is 1.71. The summed E-state index contributed by atoms with van der Waals surface area (Å²) < 4.78 is 41.6. The Morgan fingerprint density at radius 2 is 2.03 bits per heavy atom. The van der Waals surface area contributed by atoms with E-state index in [2.05, 4.69) is 14.7 Å². The van der Waals surface area contributed by atoms with Crippen molar-refractivity contribution in [1.29, 1.82) is 0 Å². The van der Waals surface area contributed by atoms with Gasteiger partial charge in [-0.15, -0.1) is 11.3 Å². The predicted molar refractivity (Wildman–Crippen MR) is 108 cm³/mol. The Labute approximate surface area is 186 Å². The molecule has 0 saturated carbocycles. The standard InChI is InChI=1S/C20H21F3N4O4S/c1-3-12(2)15(17(28)31-18(29)20(21,22)23)27-9-8-26(19(27)30)10-13-11-32-16(25-13)14-6-4-5-7-24-14/h4-7,11-12,15H,3,8-10H2,1-2H3/t12-,15-/m0/s1. The number of amides is 2. The molecule has 0 aliphatic carbocycles. The molecule has 2 amide bonds. The average Bonchev–Trinajstić information content (AvgIpc) is 3.36. The molecule has 0 unspecified atom stereocenters. The number of carbonyl (C=O) groups excluding carboxylic acids is 3. The van der Waals surface area contributed by atoms with Gasteiger partial charge in [0.1, 0.15) is 11.0 Å². The van der Waals surface area contributed by atoms with E-state index in [0.717, 1.165) is 4.90 Å². The third kappa shape index (κ3) is 5.23. The molecule has 3 rings (SSSR count). The zero-order valence-electron chi connectivity index (χ0n) is 17.3. The van der Waals surface area contributed by atoms with E-state index in [1.165, 1.54) is 16.2 Å². The van der Waals surface area contributed by atoms with Gasteiger partial charge in [-0.25, -0.2) is 19.4 Å². The molecule has 1 aliphatic rings. The molecule has 2 aromatic heterocycles. The van der Waals surface area contributed by atoms with Gasteiger partial charge in [0, 0.05) is 24.7 Å². The van der Waals surface area contributed by atoms with Crippen LogP contribution < -0.4 is 0 Å². The normalized spacial score (nSPS) is 16.2. The van der Waals surface area contributed by atoms with Crippen molar-refractivity contribution in [3.05, 3.63) is 35.5 Å². The number of hydrogen-bond donors (Lipinski definition) is 0. The zero-order valence-corrected chi connectivity index (χ0v) is 18.2. The maximum absolute atomic E-state index is 12.9. The maximum atomic E-state index is 12.9. The van der Waals surface area contributed by atoms with E-state index >= 15 is 0 Å². The summed E-state index contributed by atoms with van der Waals surface area (Å²) in [5.41, 5.74) is 1.33. The summed E-state index contributed by atoms with van der Waals surface area (Å²) >= 11 is 1.37. The number of esters is 2. The van der Waals surface area contributed by atoms with E-state index in [4.69, 9.17) is 0 Å². The van der Waals surface area contributed by atoms with Crippen LogP contribution in [0.1, 0.15) is 26.0 Å². The van der Waals surface area contributed by atoms with E-state index in [0.29, 0.717) is 22.8 Å². The van der Waals surface area contributed by atoms with Crippen molar-refractivity contribution in [3.63, 3.8) is 0 Å². The van der Waals surface area contributed by atoms with E-state index in [9.17, 15) is 27.6 Å². The Kier molecular flexibility index (Phi) is 7.12. The van der Waals surface area contributed by atoms with Crippen molar-refractivity contribution in [2.75, 3.05) is 13.1 Å². The molecule has 0 aromatic carbocycles. The fraction of sp³-hybridized carbons (Fsp3) is 0.450. The van der Waals surface area contributed by atoms with Crippen molar-refractivity contribution in [3.8, 4) is 10.7 Å². The number of aromatic nitrogens is 2. The number of thiazole rings is 1. The highest BCUT2D eigenvalue weighted by molar-refractivity contribution is 7.13. The number of nitrogens with zero attached hydrogens (tertiary/aromatic N) is 4. The largest absolute Gasteiger partial charge is 0.491 e. The lowest BCUT2D eigenvalue weighted by atomic mass is 9.98. The second kappa shape index (κ2) is 9.63. The number of alkyl halides is 3. The summed E-state index contributed by atoms with van der Waals surface area (Å²) in [6.07, 6.45) is -3.26. The minimum absolute atomic E-state index is 0.111. The van der Waals surface area contributed by atoms with Crippen LogP contribution in [0.15, 0.2) is 29.8 Å². The molecular formula is C20H21F3N4O4S. The zero-order chi connectivity index (χ0) is 23.5. The molecule has 0 spiro atoms. The lowest BCUT2D eigenvalue weighted by Crippen LogP contribution is -2.49. The van der Waals surface area contributed by atoms with Crippen molar-refractivity contribution in [2.45, 2.75) is 39.0 Å². The Morgan fingerprint density at radius 3 is 2.66 bits per heavy atom. The number of hydrogen-bond acceptors (Lipinski definition) is 7. The maximum Gasteiger partial charge on any atom is 0.491 e. The topological polar surface area (TPSA) is 92.7 Å². The van der Waals surface area contributed by atoms with Crippen molar-refractivity contribution in [2.24, 2.45) is 5.92 Å². The highest BCUT2D eigenvalue weighted by Gasteiger charge is 2.46. The van der Waals surface area contributed by atoms with Gasteiger partial charge in [-0.2, -0.15) is 13.2 Å². The molecule has 12 heteroatoms. The fourth-order valence-corrected chi connectivity index (χ4v) is 4.07. The first kappa shape index (κ1) is 23.6. The van der Waals surface area contributed by atoms with Crippen LogP contribution in [0.5, 0.6) is 0 Å². The summed E-state index contributed by atoms with van der Waals surface area (Å²) in [6, 6.07) is 3.61. The molecule has 3 heterocycles. The Hall–Kier alpha value is -3.02. The molecule has 0 N–H and O–H groups in total. The van der Waals surface area contributed by atoms with Gasteiger partial charge in [0.25, 0.3) is 0 Å². The van der Waals surface area contributed by atoms with Gasteiger partial charge in [-0.05, 0) is 18.1 Å². The summed E-state index contributed by atoms with van der Waals surface area (Å²) in [4.78, 5) is 47.8. The molecule has 32 heavy (non-hydrogen) atoms. The van der Waals surface area contributed by atoms with Crippen LogP contribution in [0.25, 0.3) is 10.7 Å². The molecule has 0 bridgehead atoms. The first-order valence-electron chi connectivity index (χ1n) is 9.86. The van der Waals surface area contributed by atoms with Crippen LogP contribution in [0, 0.1) is 5.92 Å². The quantitative estimate of drug-likeness (QED) is 0.454. The van der Waals surface area contributed by atoms with E-state index in [1.807, 2.05) is 12.1 Å². The van der Waals surface area contributed by atoms with Crippen LogP contribution >= 0.6 is 11.3 Å². The van der Waals surface area contributed by atoms with Gasteiger partial charge in [0.15, 0.2) is 0 Å². The van der Waals surface area contributed by atoms with Crippen LogP contribution in [0.2, 0.25) is 0 Å². The number of urea groups is 1. The number of carbonyl (C=O) groups is 3. The smallest absolute Gasteiger partial charge is 0.385 e. The van der Waals surface area contributed by atoms with Crippen LogP contribution in [0.3, 0.4) is 0 Å². The molecule has 8 nitrogen and oxygen atoms in total. The first-order chi connectivity index (χ1) is 15.1. The van der Waals surface area contributed by atoms with Gasteiger partial charge in [0.2, 0.25) is 0 Å². The molecule has 0 radical (unpaired) electrons. The van der Waals surface area contributed by atoms with Crippen molar-refractivity contribution in [1.82, 2.24) is 19.8 Å². The second-order valence-corrected chi connectivity index (χ2v) is 8.15. The van der Waals surface area contributed by atoms with Crippen molar-refractivity contribution < 1.29 is 32.3 Å². The van der Waals surface area contributed by atoms with Crippen LogP contribution in [0.4, 0.5) is 18.0 Å². The Bertz CT molecular complexity index is 983. The summed E-state index contributed by atoms with van der Waals surface area (Å²) in [5, 5.41) is 2.48. The van der Waals surface area contributed by atoms with Crippen LogP contribution in [-0.4, -0.2) is 63.0 Å². The molecule has 172 valence electrons. The molecule has 2 atom stereocenters. The minimum Gasteiger partial charge on any atom is -0.385 e. The summed E-state index contributed by atoms with van der Waals surface area (Å²) in [5.74, 6) is -4.49. The number of rotatable bonds is 7. The van der Waals surface area contributed by atoms with Gasteiger partial charge in [-0.3, -0.25) is 4.98 Å². The third-order valence-electron chi connectivity index (χ3n) is 5.10. The van der Waals surface area contributed by atoms with Gasteiger partial charge < -0.3 is 14.5 Å². The fourth-order valence-electron chi connectivity index (χ4n) is 3.29. The minimum atomic E-state index is -5.30. The summed E-state index contributed by atoms with van der Waals surface area (Å²) in [7, 11) is 0.